The van der Waals surface area contributed by atoms with Crippen LogP contribution < -0.4 is 5.73 Å². The van der Waals surface area contributed by atoms with Crippen molar-refractivity contribution in [2.24, 2.45) is 7.05 Å². The summed E-state index contributed by atoms with van der Waals surface area (Å²) < 4.78 is 1.87. The lowest BCUT2D eigenvalue weighted by Crippen LogP contribution is -1.90. The Morgan fingerprint density at radius 2 is 2.11 bits per heavy atom. The third kappa shape index (κ3) is 1.64. The molecule has 0 aliphatic rings. The number of rotatable bonds is 2. The van der Waals surface area contributed by atoms with Gasteiger partial charge in [-0.1, -0.05) is 6.07 Å². The van der Waals surface area contributed by atoms with Gasteiger partial charge in [-0.25, -0.2) is 4.98 Å². The van der Waals surface area contributed by atoms with E-state index in [0.717, 1.165) is 22.6 Å². The number of nitrogens with two attached hydrogens (primary N) is 1. The molecular formula is C12H12N6. The second kappa shape index (κ2) is 3.99. The van der Waals surface area contributed by atoms with Gasteiger partial charge in [-0.15, -0.1) is 0 Å². The molecule has 0 spiro atoms. The third-order valence-electron chi connectivity index (χ3n) is 2.68. The largest absolute Gasteiger partial charge is 0.382 e. The van der Waals surface area contributed by atoms with Crippen LogP contribution in [0.1, 0.15) is 0 Å². The van der Waals surface area contributed by atoms with Gasteiger partial charge in [0.25, 0.3) is 0 Å². The minimum Gasteiger partial charge on any atom is -0.382 e. The van der Waals surface area contributed by atoms with Crippen LogP contribution in [0.5, 0.6) is 0 Å². The molecule has 90 valence electrons. The van der Waals surface area contributed by atoms with Gasteiger partial charge in [0.1, 0.15) is 5.69 Å². The van der Waals surface area contributed by atoms with Gasteiger partial charge in [-0.05, 0) is 12.1 Å². The van der Waals surface area contributed by atoms with E-state index in [-0.39, 0.29) is 0 Å². The summed E-state index contributed by atoms with van der Waals surface area (Å²) in [6.45, 7) is 0. The van der Waals surface area contributed by atoms with Crippen molar-refractivity contribution in [3.63, 3.8) is 0 Å². The number of aromatic nitrogens is 5. The maximum atomic E-state index is 5.90. The van der Waals surface area contributed by atoms with Crippen molar-refractivity contribution in [1.82, 2.24) is 24.7 Å². The molecule has 0 bridgehead atoms. The van der Waals surface area contributed by atoms with E-state index in [2.05, 4.69) is 20.2 Å². The SMILES string of the molecule is Cn1cnc(-c2[nH]nc(N)c2-c2ccccn2)c1. The van der Waals surface area contributed by atoms with Gasteiger partial charge in [0.15, 0.2) is 5.82 Å². The van der Waals surface area contributed by atoms with E-state index in [1.165, 1.54) is 0 Å². The molecule has 6 nitrogen and oxygen atoms in total. The van der Waals surface area contributed by atoms with Gasteiger partial charge >= 0.3 is 0 Å². The van der Waals surface area contributed by atoms with Crippen molar-refractivity contribution in [2.75, 3.05) is 5.73 Å². The minimum atomic E-state index is 0.425. The molecule has 3 N–H and O–H groups in total. The Balaban J connectivity index is 2.18. The van der Waals surface area contributed by atoms with Crippen molar-refractivity contribution < 1.29 is 0 Å². The first-order valence-corrected chi connectivity index (χ1v) is 5.49. The Morgan fingerprint density at radius 3 is 2.78 bits per heavy atom. The molecule has 0 saturated carbocycles. The van der Waals surface area contributed by atoms with Crippen LogP contribution in [0.3, 0.4) is 0 Å². The first kappa shape index (κ1) is 10.5. The average molecular weight is 240 g/mol. The number of imidazole rings is 1. The van der Waals surface area contributed by atoms with Crippen LogP contribution in [0.25, 0.3) is 22.6 Å². The predicted octanol–water partition coefficient (Wildman–Crippen LogP) is 1.45. The highest BCUT2D eigenvalue weighted by Gasteiger charge is 2.16. The second-order valence-corrected chi connectivity index (χ2v) is 4.00. The summed E-state index contributed by atoms with van der Waals surface area (Å²) in [5.74, 6) is 0.425. The van der Waals surface area contributed by atoms with E-state index in [0.29, 0.717) is 5.82 Å². The van der Waals surface area contributed by atoms with Crippen LogP contribution in [0.4, 0.5) is 5.82 Å². The van der Waals surface area contributed by atoms with Gasteiger partial charge in [-0.3, -0.25) is 10.1 Å². The molecule has 18 heavy (non-hydrogen) atoms. The van der Waals surface area contributed by atoms with E-state index in [1.54, 1.807) is 12.5 Å². The quantitative estimate of drug-likeness (QED) is 0.710. The Hall–Kier alpha value is -2.63. The van der Waals surface area contributed by atoms with Crippen LogP contribution in [-0.2, 0) is 7.05 Å². The summed E-state index contributed by atoms with van der Waals surface area (Å²) >= 11 is 0. The van der Waals surface area contributed by atoms with E-state index < -0.39 is 0 Å². The maximum absolute atomic E-state index is 5.90. The van der Waals surface area contributed by atoms with Crippen molar-refractivity contribution in [2.45, 2.75) is 0 Å². The second-order valence-electron chi connectivity index (χ2n) is 4.00. The molecule has 0 radical (unpaired) electrons. The first-order chi connectivity index (χ1) is 8.75. The van der Waals surface area contributed by atoms with E-state index in [1.807, 2.05) is 36.0 Å². The molecule has 3 aromatic rings. The molecule has 0 amide bonds. The summed E-state index contributed by atoms with van der Waals surface area (Å²) in [6, 6.07) is 5.67. The van der Waals surface area contributed by atoms with Crippen LogP contribution in [0.15, 0.2) is 36.9 Å². The van der Waals surface area contributed by atoms with Gasteiger partial charge < -0.3 is 10.3 Å². The topological polar surface area (TPSA) is 85.4 Å². The number of nitrogen functional groups attached to an aromatic ring is 1. The predicted molar refractivity (Wildman–Crippen MR) is 68.4 cm³/mol. The Kier molecular flexibility index (Phi) is 2.33. The molecule has 0 atom stereocenters. The van der Waals surface area contributed by atoms with E-state index in [4.69, 9.17) is 5.73 Å². The fourth-order valence-electron chi connectivity index (χ4n) is 1.85. The third-order valence-corrected chi connectivity index (χ3v) is 2.68. The molecule has 0 aromatic carbocycles. The number of nitrogens with zero attached hydrogens (tertiary/aromatic N) is 4. The number of H-pyrrole nitrogens is 1. The molecule has 3 aromatic heterocycles. The van der Waals surface area contributed by atoms with Crippen molar-refractivity contribution in [3.05, 3.63) is 36.9 Å². The average Bonchev–Trinajstić information content (AvgIpc) is 2.96. The molecular weight excluding hydrogens is 228 g/mol. The summed E-state index contributed by atoms with van der Waals surface area (Å²) in [6.07, 6.45) is 5.36. The first-order valence-electron chi connectivity index (χ1n) is 5.49. The van der Waals surface area contributed by atoms with Gasteiger partial charge in [0, 0.05) is 19.4 Å². The number of aryl methyl sites for hydroxylation is 1. The molecule has 3 heterocycles. The maximum Gasteiger partial charge on any atom is 0.155 e. The van der Waals surface area contributed by atoms with Crippen molar-refractivity contribution in [3.8, 4) is 22.6 Å². The fourth-order valence-corrected chi connectivity index (χ4v) is 1.85. The number of anilines is 1. The normalized spacial score (nSPS) is 10.7. The molecule has 0 aliphatic carbocycles. The van der Waals surface area contributed by atoms with Crippen molar-refractivity contribution in [1.29, 1.82) is 0 Å². The van der Waals surface area contributed by atoms with Crippen LogP contribution in [0.2, 0.25) is 0 Å². The van der Waals surface area contributed by atoms with E-state index in [9.17, 15) is 0 Å². The zero-order chi connectivity index (χ0) is 12.5. The number of aromatic amines is 1. The van der Waals surface area contributed by atoms with E-state index >= 15 is 0 Å². The lowest BCUT2D eigenvalue weighted by Gasteiger charge is -2.00. The minimum absolute atomic E-state index is 0.425. The molecule has 0 fully saturated rings. The lowest BCUT2D eigenvalue weighted by atomic mass is 10.1. The molecule has 6 heteroatoms. The summed E-state index contributed by atoms with van der Waals surface area (Å²) in [4.78, 5) is 8.59. The molecule has 0 saturated heterocycles. The lowest BCUT2D eigenvalue weighted by molar-refractivity contribution is 0.913. The Labute approximate surface area is 104 Å². The van der Waals surface area contributed by atoms with Gasteiger partial charge in [0.2, 0.25) is 0 Å². The fraction of sp³-hybridized carbons (Fsp3) is 0.0833. The molecule has 0 aliphatic heterocycles. The smallest absolute Gasteiger partial charge is 0.155 e. The Bertz CT molecular complexity index is 667. The zero-order valence-corrected chi connectivity index (χ0v) is 9.83. The van der Waals surface area contributed by atoms with Gasteiger partial charge in [0.05, 0.1) is 23.3 Å². The number of hydrogen-bond donors (Lipinski definition) is 2. The molecule has 3 rings (SSSR count). The van der Waals surface area contributed by atoms with Gasteiger partial charge in [-0.2, -0.15) is 5.10 Å². The highest BCUT2D eigenvalue weighted by Crippen LogP contribution is 2.32. The monoisotopic (exact) mass is 240 g/mol. The summed E-state index contributed by atoms with van der Waals surface area (Å²) in [7, 11) is 1.91. The highest BCUT2D eigenvalue weighted by atomic mass is 15.2. The zero-order valence-electron chi connectivity index (χ0n) is 9.83. The summed E-state index contributed by atoms with van der Waals surface area (Å²) in [5, 5.41) is 6.95. The van der Waals surface area contributed by atoms with Crippen molar-refractivity contribution >= 4 is 5.82 Å². The number of hydrogen-bond acceptors (Lipinski definition) is 4. The Morgan fingerprint density at radius 1 is 1.22 bits per heavy atom. The standard InChI is InChI=1S/C12H12N6/c1-18-6-9(15-7-18)11-10(12(13)17-16-11)8-4-2-3-5-14-8/h2-7H,1H3,(H3,13,16,17). The van der Waals surface area contributed by atoms with Crippen LogP contribution in [0, 0.1) is 0 Å². The summed E-state index contributed by atoms with van der Waals surface area (Å²) in [5.41, 5.74) is 9.05. The van der Waals surface area contributed by atoms with Crippen LogP contribution in [-0.4, -0.2) is 24.7 Å². The highest BCUT2D eigenvalue weighted by molar-refractivity contribution is 5.84. The molecule has 0 unspecified atom stereocenters. The van der Waals surface area contributed by atoms with Crippen LogP contribution >= 0.6 is 0 Å². The number of nitrogens with one attached hydrogen (secondary N) is 1. The number of pyridine rings is 1.